The second-order valence-corrected chi connectivity index (χ2v) is 9.82. The molecule has 2 heterocycles. The van der Waals surface area contributed by atoms with Crippen LogP contribution >= 0.6 is 0 Å². The van der Waals surface area contributed by atoms with Crippen LogP contribution in [-0.4, -0.2) is 41.3 Å². The molecule has 3 atom stereocenters. The molecule has 1 saturated heterocycles. The summed E-state index contributed by atoms with van der Waals surface area (Å²) in [4.78, 5) is 25.8. The van der Waals surface area contributed by atoms with Gasteiger partial charge in [-0.05, 0) is 60.0 Å². The van der Waals surface area contributed by atoms with Gasteiger partial charge in [-0.2, -0.15) is 10.5 Å². The Bertz CT molecular complexity index is 989. The highest BCUT2D eigenvalue weighted by Gasteiger charge is 2.52. The molecule has 0 radical (unpaired) electrons. The van der Waals surface area contributed by atoms with Gasteiger partial charge in [0.1, 0.15) is 5.60 Å². The van der Waals surface area contributed by atoms with Crippen molar-refractivity contribution in [1.29, 1.82) is 10.5 Å². The summed E-state index contributed by atoms with van der Waals surface area (Å²) >= 11 is 0. The average molecular weight is 452 g/mol. The average Bonchev–Trinajstić information content (AvgIpc) is 3.03. The minimum atomic E-state index is -1.47. The summed E-state index contributed by atoms with van der Waals surface area (Å²) in [6, 6.07) is 3.99. The molecule has 33 heavy (non-hydrogen) atoms. The van der Waals surface area contributed by atoms with Crippen molar-refractivity contribution in [3.8, 4) is 24.0 Å². The highest BCUT2D eigenvalue weighted by molar-refractivity contribution is 5.71. The van der Waals surface area contributed by atoms with E-state index in [4.69, 9.17) is 9.47 Å². The molecule has 7 heteroatoms. The van der Waals surface area contributed by atoms with Crippen molar-refractivity contribution in [1.82, 2.24) is 4.90 Å². The molecule has 0 N–H and O–H groups in total. The van der Waals surface area contributed by atoms with Crippen LogP contribution in [0.3, 0.4) is 0 Å². The Morgan fingerprint density at radius 1 is 1.09 bits per heavy atom. The Morgan fingerprint density at radius 3 is 2.24 bits per heavy atom. The molecular weight excluding hydrogens is 418 g/mol. The number of hydrogen-bond acceptors (Lipinski definition) is 6. The number of nitriles is 2. The van der Waals surface area contributed by atoms with E-state index in [1.807, 2.05) is 47.6 Å². The van der Waals surface area contributed by atoms with Gasteiger partial charge in [-0.15, -0.1) is 0 Å². The molecule has 7 nitrogen and oxygen atoms in total. The maximum Gasteiger partial charge on any atom is 0.411 e. The van der Waals surface area contributed by atoms with Gasteiger partial charge in [0.25, 0.3) is 0 Å². The number of ether oxygens (including phenoxy) is 2. The Kier molecular flexibility index (Phi) is 7.99. The highest BCUT2D eigenvalue weighted by Crippen LogP contribution is 2.49. The summed E-state index contributed by atoms with van der Waals surface area (Å²) < 4.78 is 10.5. The topological polar surface area (TPSA) is 103 Å². The van der Waals surface area contributed by atoms with Gasteiger partial charge in [0.05, 0.1) is 18.2 Å². The summed E-state index contributed by atoms with van der Waals surface area (Å²) in [6.07, 6.45) is 3.02. The Balaban J connectivity index is 2.53. The Morgan fingerprint density at radius 2 is 1.73 bits per heavy atom. The van der Waals surface area contributed by atoms with Crippen molar-refractivity contribution in [3.05, 3.63) is 22.8 Å². The Labute approximate surface area is 197 Å². The molecule has 1 amide bonds. The molecule has 0 saturated carbocycles. The van der Waals surface area contributed by atoms with Crippen LogP contribution in [0.4, 0.5) is 4.79 Å². The number of rotatable bonds is 4. The smallest absolute Gasteiger partial charge is 0.411 e. The van der Waals surface area contributed by atoms with Gasteiger partial charge >= 0.3 is 12.1 Å². The Hall–Kier alpha value is -3.24. The third-order valence-corrected chi connectivity index (χ3v) is 6.12. The van der Waals surface area contributed by atoms with Crippen LogP contribution in [0.2, 0.25) is 0 Å². The van der Waals surface area contributed by atoms with Crippen LogP contribution in [-0.2, 0) is 14.3 Å². The molecule has 0 aromatic carbocycles. The van der Waals surface area contributed by atoms with Crippen molar-refractivity contribution in [2.45, 2.75) is 85.4 Å². The van der Waals surface area contributed by atoms with Gasteiger partial charge in [-0.25, -0.2) is 4.79 Å². The van der Waals surface area contributed by atoms with Crippen molar-refractivity contribution in [2.75, 3.05) is 6.61 Å². The number of esters is 1. The van der Waals surface area contributed by atoms with E-state index in [0.29, 0.717) is 5.57 Å². The normalized spacial score (nSPS) is 21.5. The fourth-order valence-electron chi connectivity index (χ4n) is 4.42. The van der Waals surface area contributed by atoms with E-state index in [1.54, 1.807) is 4.90 Å². The third kappa shape index (κ3) is 5.77. The molecule has 2 aliphatic rings. The molecule has 0 aromatic heterocycles. The molecular formula is C26H33N3O4. The maximum atomic E-state index is 13.1. The summed E-state index contributed by atoms with van der Waals surface area (Å²) in [5.41, 5.74) is 0.711. The summed E-state index contributed by atoms with van der Waals surface area (Å²) in [5, 5.41) is 20.3. The molecule has 1 fully saturated rings. The fraction of sp³-hybridized carbons (Fsp3) is 0.615. The van der Waals surface area contributed by atoms with Gasteiger partial charge in [0, 0.05) is 25.3 Å². The maximum absolute atomic E-state index is 13.1. The lowest BCUT2D eigenvalue weighted by molar-refractivity contribution is -0.139. The first-order valence-electron chi connectivity index (χ1n) is 11.2. The predicted molar refractivity (Wildman–Crippen MR) is 123 cm³/mol. The number of carbonyl (C=O) groups is 2. The lowest BCUT2D eigenvalue weighted by atomic mass is 9.67. The van der Waals surface area contributed by atoms with Crippen molar-refractivity contribution in [3.63, 3.8) is 0 Å². The van der Waals surface area contributed by atoms with E-state index in [-0.39, 0.29) is 37.1 Å². The van der Waals surface area contributed by atoms with E-state index < -0.39 is 17.0 Å². The minimum Gasteiger partial charge on any atom is -0.453 e. The molecule has 0 aliphatic carbocycles. The number of carbonyl (C=O) groups excluding carboxylic acids is 2. The third-order valence-electron chi connectivity index (χ3n) is 6.12. The lowest BCUT2D eigenvalue weighted by Crippen LogP contribution is -2.51. The van der Waals surface area contributed by atoms with Gasteiger partial charge in [-0.3, -0.25) is 9.69 Å². The number of fused-ring (bicyclic) bond motifs is 2. The zero-order valence-corrected chi connectivity index (χ0v) is 20.6. The van der Waals surface area contributed by atoms with Crippen molar-refractivity contribution in [2.24, 2.45) is 11.3 Å². The summed E-state index contributed by atoms with van der Waals surface area (Å²) in [7, 11) is 0. The van der Waals surface area contributed by atoms with Crippen LogP contribution in [0.15, 0.2) is 22.8 Å². The second-order valence-electron chi connectivity index (χ2n) is 9.82. The highest BCUT2D eigenvalue weighted by atomic mass is 16.6. The first-order chi connectivity index (χ1) is 15.4. The largest absolute Gasteiger partial charge is 0.453 e. The van der Waals surface area contributed by atoms with Gasteiger partial charge in [-0.1, -0.05) is 29.1 Å². The van der Waals surface area contributed by atoms with Crippen molar-refractivity contribution >= 4 is 12.1 Å². The zero-order chi connectivity index (χ0) is 25.0. The SMILES string of the molecule is CC(=O)OCC#CCC(C#N)(C#N)C1=CC2CCC([C@@H]1C(C)=C(C)C)N2C(=O)OC(C)(C)C. The number of allylic oxidation sites excluding steroid dienone is 1. The lowest BCUT2D eigenvalue weighted by Gasteiger charge is -2.43. The molecule has 176 valence electrons. The first kappa shape index (κ1) is 26.0. The molecule has 2 aliphatic heterocycles. The van der Waals surface area contributed by atoms with Crippen LogP contribution in [0.25, 0.3) is 0 Å². The zero-order valence-electron chi connectivity index (χ0n) is 20.6. The van der Waals surface area contributed by atoms with E-state index in [9.17, 15) is 20.1 Å². The fourth-order valence-corrected chi connectivity index (χ4v) is 4.42. The van der Waals surface area contributed by atoms with E-state index in [0.717, 1.165) is 24.0 Å². The standard InChI is InChI=1S/C26H33N3O4/c1-17(2)18(3)23-21(26(15-27,16-28)12-8-9-13-32-19(4)30)14-20-10-11-22(23)29(20)24(31)33-25(5,6)7/h14,20,22-23H,10-13H2,1-7H3/t20?,22?,23-/m1/s1. The van der Waals surface area contributed by atoms with Crippen LogP contribution in [0.1, 0.15) is 67.7 Å². The summed E-state index contributed by atoms with van der Waals surface area (Å²) in [6.45, 7) is 12.7. The van der Waals surface area contributed by atoms with E-state index in [1.165, 1.54) is 6.92 Å². The predicted octanol–water partition coefficient (Wildman–Crippen LogP) is 4.66. The molecule has 2 rings (SSSR count). The number of nitrogens with zero attached hydrogens (tertiary/aromatic N) is 3. The number of amides is 1. The molecule has 0 spiro atoms. The minimum absolute atomic E-state index is 0.00842. The van der Waals surface area contributed by atoms with Crippen molar-refractivity contribution < 1.29 is 19.1 Å². The molecule has 2 unspecified atom stereocenters. The quantitative estimate of drug-likeness (QED) is 0.350. The number of hydrogen-bond donors (Lipinski definition) is 0. The van der Waals surface area contributed by atoms with Gasteiger partial charge in [0.2, 0.25) is 0 Å². The van der Waals surface area contributed by atoms with Gasteiger partial charge in [0.15, 0.2) is 12.0 Å². The molecule has 0 aromatic rings. The first-order valence-corrected chi connectivity index (χ1v) is 11.2. The van der Waals surface area contributed by atoms with Crippen LogP contribution in [0.5, 0.6) is 0 Å². The van der Waals surface area contributed by atoms with Gasteiger partial charge < -0.3 is 9.47 Å². The van der Waals surface area contributed by atoms with Crippen LogP contribution in [0, 0.1) is 45.8 Å². The van der Waals surface area contributed by atoms with Crippen LogP contribution < -0.4 is 0 Å². The summed E-state index contributed by atoms with van der Waals surface area (Å²) in [5.74, 6) is 4.85. The molecule has 2 bridgehead atoms. The van der Waals surface area contributed by atoms with E-state index >= 15 is 0 Å². The van der Waals surface area contributed by atoms with E-state index in [2.05, 4.69) is 24.0 Å². The monoisotopic (exact) mass is 451 g/mol. The second kappa shape index (κ2) is 10.1.